The minimum atomic E-state index is 0.0532. The van der Waals surface area contributed by atoms with E-state index in [0.717, 1.165) is 35.3 Å². The fourth-order valence-electron chi connectivity index (χ4n) is 2.27. The molecular formula is C15H17ClO2. The van der Waals surface area contributed by atoms with Crippen molar-refractivity contribution < 1.29 is 9.53 Å². The number of halogens is 1. The lowest BCUT2D eigenvalue weighted by molar-refractivity contribution is -0.114. The van der Waals surface area contributed by atoms with Gasteiger partial charge in [-0.1, -0.05) is 24.3 Å². The lowest BCUT2D eigenvalue weighted by Crippen LogP contribution is -2.14. The number of hydrogen-bond donors (Lipinski definition) is 0. The molecule has 96 valence electrons. The molecule has 18 heavy (non-hydrogen) atoms. The van der Waals surface area contributed by atoms with Gasteiger partial charge in [0.05, 0.1) is 0 Å². The Bertz CT molecular complexity index is 474. The number of carbonyl (C=O) groups is 1. The van der Waals surface area contributed by atoms with Gasteiger partial charge in [-0.3, -0.25) is 4.79 Å². The highest BCUT2D eigenvalue weighted by Gasteiger charge is 2.23. The topological polar surface area (TPSA) is 26.3 Å². The Labute approximate surface area is 113 Å². The maximum atomic E-state index is 11.4. The summed E-state index contributed by atoms with van der Waals surface area (Å²) in [4.78, 5) is 11.4. The van der Waals surface area contributed by atoms with E-state index >= 15 is 0 Å². The van der Waals surface area contributed by atoms with Gasteiger partial charge in [-0.2, -0.15) is 0 Å². The van der Waals surface area contributed by atoms with E-state index < -0.39 is 0 Å². The summed E-state index contributed by atoms with van der Waals surface area (Å²) >= 11 is 5.77. The van der Waals surface area contributed by atoms with Crippen LogP contribution < -0.4 is 0 Å². The minimum absolute atomic E-state index is 0.0532. The van der Waals surface area contributed by atoms with Crippen molar-refractivity contribution in [2.75, 3.05) is 0 Å². The summed E-state index contributed by atoms with van der Waals surface area (Å²) in [5.74, 6) is 1.41. The van der Waals surface area contributed by atoms with Crippen LogP contribution >= 0.6 is 11.6 Å². The van der Waals surface area contributed by atoms with E-state index in [2.05, 4.69) is 12.1 Å². The molecule has 0 amide bonds. The molecular weight excluding hydrogens is 248 g/mol. The van der Waals surface area contributed by atoms with Crippen molar-refractivity contribution in [3.63, 3.8) is 0 Å². The molecule has 1 atom stereocenters. The normalized spacial score (nSPS) is 19.6. The molecule has 0 N–H and O–H groups in total. The monoisotopic (exact) mass is 264 g/mol. The summed E-state index contributed by atoms with van der Waals surface area (Å²) < 4.78 is 5.85. The lowest BCUT2D eigenvalue weighted by atomic mass is 9.95. The molecule has 1 aliphatic heterocycles. The van der Waals surface area contributed by atoms with E-state index in [1.165, 1.54) is 0 Å². The zero-order valence-electron chi connectivity index (χ0n) is 10.7. The van der Waals surface area contributed by atoms with Crippen LogP contribution in [0.25, 0.3) is 0 Å². The Morgan fingerprint density at radius 1 is 1.39 bits per heavy atom. The molecule has 1 aromatic carbocycles. The van der Waals surface area contributed by atoms with Crippen LogP contribution in [-0.2, 0) is 15.4 Å². The van der Waals surface area contributed by atoms with Crippen LogP contribution in [0.1, 0.15) is 43.9 Å². The Morgan fingerprint density at radius 2 is 2.06 bits per heavy atom. The number of benzene rings is 1. The van der Waals surface area contributed by atoms with Gasteiger partial charge in [-0.05, 0) is 37.8 Å². The van der Waals surface area contributed by atoms with E-state index in [0.29, 0.717) is 5.88 Å². The van der Waals surface area contributed by atoms with Crippen LogP contribution in [-0.4, -0.2) is 5.78 Å². The number of alkyl halides is 1. The highest BCUT2D eigenvalue weighted by Crippen LogP contribution is 2.33. The van der Waals surface area contributed by atoms with Gasteiger partial charge in [0.15, 0.2) is 5.78 Å². The quantitative estimate of drug-likeness (QED) is 0.767. The van der Waals surface area contributed by atoms with E-state index in [4.69, 9.17) is 16.3 Å². The Hall–Kier alpha value is -1.28. The Morgan fingerprint density at radius 3 is 2.56 bits per heavy atom. The summed E-state index contributed by atoms with van der Waals surface area (Å²) in [5.41, 5.74) is 3.07. The fourth-order valence-corrected chi connectivity index (χ4v) is 2.45. The summed E-state index contributed by atoms with van der Waals surface area (Å²) in [6.07, 6.45) is 1.70. The zero-order chi connectivity index (χ0) is 13.1. The van der Waals surface area contributed by atoms with Crippen LogP contribution in [0.3, 0.4) is 0 Å². The first kappa shape index (κ1) is 13.2. The number of allylic oxidation sites excluding steroid dienone is 2. The van der Waals surface area contributed by atoms with E-state index in [1.54, 1.807) is 6.92 Å². The number of ketones is 1. The van der Waals surface area contributed by atoms with Gasteiger partial charge in [-0.15, -0.1) is 11.6 Å². The van der Waals surface area contributed by atoms with Crippen molar-refractivity contribution in [2.45, 2.75) is 38.7 Å². The van der Waals surface area contributed by atoms with Gasteiger partial charge in [0.1, 0.15) is 11.9 Å². The van der Waals surface area contributed by atoms with Gasteiger partial charge in [-0.25, -0.2) is 0 Å². The fraction of sp³-hybridized carbons (Fsp3) is 0.400. The molecule has 1 heterocycles. The first-order chi connectivity index (χ1) is 8.61. The van der Waals surface area contributed by atoms with Gasteiger partial charge < -0.3 is 4.74 Å². The molecule has 3 heteroatoms. The summed E-state index contributed by atoms with van der Waals surface area (Å²) in [6, 6.07) is 8.14. The third-order valence-electron chi connectivity index (χ3n) is 3.33. The zero-order valence-corrected chi connectivity index (χ0v) is 11.5. The molecule has 0 fully saturated rings. The standard InChI is InChI=1S/C15H17ClO2/c1-10(17)14-7-8-15(18-11(14)2)13-5-3-12(9-16)4-6-13/h3-6,15H,7-9H2,1-2H3. The molecule has 0 saturated heterocycles. The van der Waals surface area contributed by atoms with Gasteiger partial charge in [0.25, 0.3) is 0 Å². The van der Waals surface area contributed by atoms with Crippen molar-refractivity contribution >= 4 is 17.4 Å². The number of carbonyl (C=O) groups excluding carboxylic acids is 1. The molecule has 0 aliphatic carbocycles. The maximum Gasteiger partial charge on any atom is 0.159 e. The first-order valence-electron chi connectivity index (χ1n) is 6.14. The molecule has 1 unspecified atom stereocenters. The first-order valence-corrected chi connectivity index (χ1v) is 6.67. The summed E-state index contributed by atoms with van der Waals surface area (Å²) in [5, 5.41) is 0. The van der Waals surface area contributed by atoms with Crippen LogP contribution in [0.4, 0.5) is 0 Å². The molecule has 0 bridgehead atoms. The number of Topliss-reactive ketones (excluding diaryl/α,β-unsaturated/α-hetero) is 1. The number of rotatable bonds is 3. The minimum Gasteiger partial charge on any atom is -0.490 e. The van der Waals surface area contributed by atoms with Crippen LogP contribution in [0.2, 0.25) is 0 Å². The predicted molar refractivity (Wildman–Crippen MR) is 72.4 cm³/mol. The van der Waals surface area contributed by atoms with Gasteiger partial charge >= 0.3 is 0 Å². The molecule has 1 aliphatic rings. The number of ether oxygens (including phenoxy) is 1. The van der Waals surface area contributed by atoms with Crippen LogP contribution in [0.15, 0.2) is 35.6 Å². The predicted octanol–water partition coefficient (Wildman–Crippen LogP) is 4.14. The molecule has 2 rings (SSSR count). The second-order valence-electron chi connectivity index (χ2n) is 4.61. The third-order valence-corrected chi connectivity index (χ3v) is 3.64. The number of hydrogen-bond acceptors (Lipinski definition) is 2. The van der Waals surface area contributed by atoms with Crippen molar-refractivity contribution in [1.29, 1.82) is 0 Å². The van der Waals surface area contributed by atoms with Crippen LogP contribution in [0.5, 0.6) is 0 Å². The average Bonchev–Trinajstić information content (AvgIpc) is 2.38. The largest absolute Gasteiger partial charge is 0.490 e. The van der Waals surface area contributed by atoms with Crippen molar-refractivity contribution in [3.8, 4) is 0 Å². The highest BCUT2D eigenvalue weighted by molar-refractivity contribution is 6.17. The van der Waals surface area contributed by atoms with Crippen molar-refractivity contribution in [2.24, 2.45) is 0 Å². The summed E-state index contributed by atoms with van der Waals surface area (Å²) in [7, 11) is 0. The Balaban J connectivity index is 2.15. The van der Waals surface area contributed by atoms with Gasteiger partial charge in [0, 0.05) is 11.5 Å². The van der Waals surface area contributed by atoms with Crippen molar-refractivity contribution in [3.05, 3.63) is 46.7 Å². The highest BCUT2D eigenvalue weighted by atomic mass is 35.5. The van der Waals surface area contributed by atoms with E-state index in [-0.39, 0.29) is 11.9 Å². The third kappa shape index (κ3) is 2.75. The second-order valence-corrected chi connectivity index (χ2v) is 4.88. The molecule has 0 aromatic heterocycles. The lowest BCUT2D eigenvalue weighted by Gasteiger charge is -2.26. The molecule has 0 radical (unpaired) electrons. The van der Waals surface area contributed by atoms with E-state index in [1.807, 2.05) is 19.1 Å². The average molecular weight is 265 g/mol. The molecule has 1 aromatic rings. The Kier molecular flexibility index (Phi) is 4.07. The smallest absolute Gasteiger partial charge is 0.159 e. The summed E-state index contributed by atoms with van der Waals surface area (Å²) in [6.45, 7) is 3.47. The molecule has 2 nitrogen and oxygen atoms in total. The van der Waals surface area contributed by atoms with Crippen molar-refractivity contribution in [1.82, 2.24) is 0 Å². The van der Waals surface area contributed by atoms with Crippen LogP contribution in [0, 0.1) is 0 Å². The molecule has 0 spiro atoms. The molecule has 0 saturated carbocycles. The maximum absolute atomic E-state index is 11.4. The van der Waals surface area contributed by atoms with E-state index in [9.17, 15) is 4.79 Å². The van der Waals surface area contributed by atoms with Gasteiger partial charge in [0.2, 0.25) is 0 Å². The second kappa shape index (κ2) is 5.57. The SMILES string of the molecule is CC(=O)C1=C(C)OC(c2ccc(CCl)cc2)CC1.